The third-order valence-electron chi connectivity index (χ3n) is 3.30. The van der Waals surface area contributed by atoms with E-state index in [0.717, 1.165) is 6.42 Å². The lowest BCUT2D eigenvalue weighted by Gasteiger charge is -2.38. The van der Waals surface area contributed by atoms with E-state index in [2.05, 4.69) is 5.32 Å². The molecule has 1 saturated carbocycles. The summed E-state index contributed by atoms with van der Waals surface area (Å²) in [6, 6.07) is 6.64. The van der Waals surface area contributed by atoms with E-state index < -0.39 is 11.5 Å². The molecule has 1 aromatic rings. The van der Waals surface area contributed by atoms with Crippen molar-refractivity contribution in [1.82, 2.24) is 5.32 Å². The molecule has 0 bridgehead atoms. The van der Waals surface area contributed by atoms with E-state index in [1.54, 1.807) is 24.3 Å². The van der Waals surface area contributed by atoms with Crippen molar-refractivity contribution < 1.29 is 19.4 Å². The van der Waals surface area contributed by atoms with Gasteiger partial charge in [0, 0.05) is 5.56 Å². The van der Waals surface area contributed by atoms with Gasteiger partial charge in [0.25, 0.3) is 5.91 Å². The second-order valence-corrected chi connectivity index (χ2v) is 4.43. The minimum Gasteiger partial charge on any atom is -0.497 e. The Balaban J connectivity index is 2.14. The fourth-order valence-electron chi connectivity index (χ4n) is 1.98. The second kappa shape index (κ2) is 4.68. The molecular formula is C13H15NO4. The van der Waals surface area contributed by atoms with Crippen molar-refractivity contribution in [2.45, 2.75) is 24.8 Å². The first-order chi connectivity index (χ1) is 8.57. The Kier molecular flexibility index (Phi) is 3.23. The smallest absolute Gasteiger partial charge is 0.329 e. The maximum absolute atomic E-state index is 12.0. The van der Waals surface area contributed by atoms with Crippen LogP contribution in [-0.4, -0.2) is 29.6 Å². The normalized spacial score (nSPS) is 16.5. The number of amides is 1. The number of hydrogen-bond donors (Lipinski definition) is 2. The first-order valence-corrected chi connectivity index (χ1v) is 5.77. The number of hydrogen-bond acceptors (Lipinski definition) is 3. The molecule has 1 aliphatic rings. The van der Waals surface area contributed by atoms with Gasteiger partial charge >= 0.3 is 5.97 Å². The van der Waals surface area contributed by atoms with Crippen LogP contribution in [0.2, 0.25) is 0 Å². The molecule has 0 aromatic heterocycles. The van der Waals surface area contributed by atoms with Gasteiger partial charge in [0.1, 0.15) is 11.3 Å². The monoisotopic (exact) mass is 249 g/mol. The number of rotatable bonds is 4. The van der Waals surface area contributed by atoms with Gasteiger partial charge in [-0.25, -0.2) is 4.79 Å². The molecule has 2 rings (SSSR count). The van der Waals surface area contributed by atoms with Crippen LogP contribution in [0.3, 0.4) is 0 Å². The van der Waals surface area contributed by atoms with Crippen LogP contribution in [-0.2, 0) is 4.79 Å². The van der Waals surface area contributed by atoms with E-state index in [-0.39, 0.29) is 5.91 Å². The van der Waals surface area contributed by atoms with Gasteiger partial charge < -0.3 is 15.2 Å². The number of ether oxygens (including phenoxy) is 1. The number of carbonyl (C=O) groups excluding carboxylic acids is 1. The topological polar surface area (TPSA) is 75.6 Å². The van der Waals surface area contributed by atoms with Gasteiger partial charge in [-0.05, 0) is 37.5 Å². The number of methoxy groups -OCH3 is 1. The van der Waals surface area contributed by atoms with E-state index in [9.17, 15) is 9.59 Å². The molecule has 96 valence electrons. The van der Waals surface area contributed by atoms with Crippen molar-refractivity contribution in [3.05, 3.63) is 29.8 Å². The van der Waals surface area contributed by atoms with Crippen LogP contribution >= 0.6 is 0 Å². The standard InChI is InChI=1S/C13H15NO4/c1-18-10-5-2-4-9(8-10)11(15)14-13(12(16)17)6-3-7-13/h2,4-5,8H,3,6-7H2,1H3,(H,14,15)(H,16,17). The third-order valence-corrected chi connectivity index (χ3v) is 3.30. The molecule has 0 heterocycles. The van der Waals surface area contributed by atoms with Crippen LogP contribution in [0.25, 0.3) is 0 Å². The molecule has 5 nitrogen and oxygen atoms in total. The predicted molar refractivity (Wildman–Crippen MR) is 64.7 cm³/mol. The molecule has 2 N–H and O–H groups in total. The lowest BCUT2D eigenvalue weighted by molar-refractivity contribution is -0.148. The quantitative estimate of drug-likeness (QED) is 0.846. The number of aliphatic carboxylic acids is 1. The molecule has 0 radical (unpaired) electrons. The summed E-state index contributed by atoms with van der Waals surface area (Å²) in [7, 11) is 1.52. The fourth-order valence-corrected chi connectivity index (χ4v) is 1.98. The fraction of sp³-hybridized carbons (Fsp3) is 0.385. The zero-order chi connectivity index (χ0) is 13.2. The molecule has 0 saturated heterocycles. The van der Waals surface area contributed by atoms with Gasteiger partial charge in [-0.1, -0.05) is 6.07 Å². The first-order valence-electron chi connectivity index (χ1n) is 5.77. The van der Waals surface area contributed by atoms with Crippen LogP contribution < -0.4 is 10.1 Å². The highest BCUT2D eigenvalue weighted by Crippen LogP contribution is 2.32. The number of carboxylic acids is 1. The molecule has 0 unspecified atom stereocenters. The van der Waals surface area contributed by atoms with Crippen LogP contribution in [0.4, 0.5) is 0 Å². The van der Waals surface area contributed by atoms with Gasteiger partial charge in [-0.2, -0.15) is 0 Å². The summed E-state index contributed by atoms with van der Waals surface area (Å²) in [5, 5.41) is 11.7. The van der Waals surface area contributed by atoms with Crippen LogP contribution in [0.1, 0.15) is 29.6 Å². The first kappa shape index (κ1) is 12.4. The molecule has 0 atom stereocenters. The van der Waals surface area contributed by atoms with E-state index in [0.29, 0.717) is 24.2 Å². The van der Waals surface area contributed by atoms with E-state index in [1.807, 2.05) is 0 Å². The largest absolute Gasteiger partial charge is 0.497 e. The Morgan fingerprint density at radius 1 is 1.39 bits per heavy atom. The predicted octanol–water partition coefficient (Wildman–Crippen LogP) is 1.43. The van der Waals surface area contributed by atoms with Crippen molar-refractivity contribution in [3.63, 3.8) is 0 Å². The van der Waals surface area contributed by atoms with Gasteiger partial charge in [0.15, 0.2) is 0 Å². The third kappa shape index (κ3) is 2.16. The average molecular weight is 249 g/mol. The number of carboxylic acid groups (broad SMARTS) is 1. The Morgan fingerprint density at radius 3 is 2.61 bits per heavy atom. The maximum atomic E-state index is 12.0. The summed E-state index contributed by atoms with van der Waals surface area (Å²) in [5.41, 5.74) is -0.679. The average Bonchev–Trinajstić information content (AvgIpc) is 2.33. The second-order valence-electron chi connectivity index (χ2n) is 4.43. The molecular weight excluding hydrogens is 234 g/mol. The summed E-state index contributed by atoms with van der Waals surface area (Å²) in [4.78, 5) is 23.1. The van der Waals surface area contributed by atoms with Gasteiger partial charge in [0.05, 0.1) is 7.11 Å². The summed E-state index contributed by atoms with van der Waals surface area (Å²) in [5.74, 6) is -0.776. The maximum Gasteiger partial charge on any atom is 0.329 e. The Bertz CT molecular complexity index is 480. The zero-order valence-electron chi connectivity index (χ0n) is 10.1. The van der Waals surface area contributed by atoms with Gasteiger partial charge in [-0.3, -0.25) is 4.79 Å². The van der Waals surface area contributed by atoms with Crippen molar-refractivity contribution in [2.75, 3.05) is 7.11 Å². The van der Waals surface area contributed by atoms with Crippen molar-refractivity contribution in [3.8, 4) is 5.75 Å². The molecule has 0 spiro atoms. The van der Waals surface area contributed by atoms with Crippen molar-refractivity contribution >= 4 is 11.9 Å². The van der Waals surface area contributed by atoms with E-state index in [4.69, 9.17) is 9.84 Å². The summed E-state index contributed by atoms with van der Waals surface area (Å²) < 4.78 is 5.03. The molecule has 1 aliphatic carbocycles. The molecule has 5 heteroatoms. The number of carbonyl (C=O) groups is 2. The summed E-state index contributed by atoms with van der Waals surface area (Å²) in [6.07, 6.45) is 1.79. The lowest BCUT2D eigenvalue weighted by Crippen LogP contribution is -2.59. The minimum absolute atomic E-state index is 0.379. The Morgan fingerprint density at radius 2 is 2.11 bits per heavy atom. The van der Waals surface area contributed by atoms with E-state index in [1.165, 1.54) is 7.11 Å². The summed E-state index contributed by atoms with van der Waals surface area (Å²) in [6.45, 7) is 0. The Labute approximate surface area is 105 Å². The van der Waals surface area contributed by atoms with E-state index >= 15 is 0 Å². The van der Waals surface area contributed by atoms with Crippen molar-refractivity contribution in [1.29, 1.82) is 0 Å². The molecule has 1 aromatic carbocycles. The Hall–Kier alpha value is -2.04. The molecule has 1 amide bonds. The van der Waals surface area contributed by atoms with Crippen molar-refractivity contribution in [2.24, 2.45) is 0 Å². The number of nitrogens with one attached hydrogen (secondary N) is 1. The molecule has 1 fully saturated rings. The highest BCUT2D eigenvalue weighted by Gasteiger charge is 2.45. The van der Waals surface area contributed by atoms with Crippen LogP contribution in [0.15, 0.2) is 24.3 Å². The minimum atomic E-state index is -1.08. The van der Waals surface area contributed by atoms with Gasteiger partial charge in [-0.15, -0.1) is 0 Å². The SMILES string of the molecule is COc1cccc(C(=O)NC2(C(=O)O)CCC2)c1. The molecule has 0 aliphatic heterocycles. The van der Waals surface area contributed by atoms with Gasteiger partial charge in [0.2, 0.25) is 0 Å². The van der Waals surface area contributed by atoms with Crippen LogP contribution in [0, 0.1) is 0 Å². The highest BCUT2D eigenvalue weighted by molar-refractivity contribution is 5.98. The lowest BCUT2D eigenvalue weighted by atomic mass is 9.76. The van der Waals surface area contributed by atoms with Crippen LogP contribution in [0.5, 0.6) is 5.75 Å². The summed E-state index contributed by atoms with van der Waals surface area (Å²) >= 11 is 0. The molecule has 18 heavy (non-hydrogen) atoms. The zero-order valence-corrected chi connectivity index (χ0v) is 10.1. The number of benzene rings is 1. The highest BCUT2D eigenvalue weighted by atomic mass is 16.5.